The summed E-state index contributed by atoms with van der Waals surface area (Å²) in [5.41, 5.74) is 8.13. The molecule has 0 bridgehead atoms. The average molecular weight is 358 g/mol. The highest BCUT2D eigenvalue weighted by atomic mass is 28.3. The number of benzene rings is 1. The van der Waals surface area contributed by atoms with E-state index in [9.17, 15) is 4.79 Å². The summed E-state index contributed by atoms with van der Waals surface area (Å²) in [7, 11) is -2.84. The molecule has 2 nitrogen and oxygen atoms in total. The number of amides is 1. The summed E-state index contributed by atoms with van der Waals surface area (Å²) in [6.45, 7) is 16.8. The molecule has 1 aromatic carbocycles. The lowest BCUT2D eigenvalue weighted by Gasteiger charge is -2.24. The molecule has 1 saturated heterocycles. The zero-order chi connectivity index (χ0) is 18.1. The molecule has 0 unspecified atom stereocenters. The molecule has 1 aliphatic rings. The van der Waals surface area contributed by atoms with Gasteiger partial charge in [-0.2, -0.15) is 0 Å². The minimum Gasteiger partial charge on any atom is -0.328 e. The van der Waals surface area contributed by atoms with E-state index in [0.29, 0.717) is 0 Å². The van der Waals surface area contributed by atoms with E-state index in [1.54, 1.807) is 0 Å². The van der Waals surface area contributed by atoms with Crippen molar-refractivity contribution in [2.45, 2.75) is 52.2 Å². The topological polar surface area (TPSA) is 20.3 Å². The third kappa shape index (κ3) is 4.80. The quantitative estimate of drug-likeness (QED) is 0.536. The second kappa shape index (κ2) is 6.84. The first kappa shape index (κ1) is 18.9. The third-order valence-corrected chi connectivity index (χ3v) is 6.48. The van der Waals surface area contributed by atoms with Crippen molar-refractivity contribution in [2.24, 2.45) is 0 Å². The Balaban J connectivity index is 2.43. The highest BCUT2D eigenvalue weighted by molar-refractivity contribution is 6.82. The monoisotopic (exact) mass is 357 g/mol. The zero-order valence-electron chi connectivity index (χ0n) is 16.2. The summed E-state index contributed by atoms with van der Waals surface area (Å²) >= 11 is 0. The summed E-state index contributed by atoms with van der Waals surface area (Å²) in [4.78, 5) is 15.2. The lowest BCUT2D eigenvalue weighted by atomic mass is 10.1. The Morgan fingerprint density at radius 3 is 2.00 bits per heavy atom. The number of hydrogen-bond donors (Lipinski definition) is 0. The van der Waals surface area contributed by atoms with Crippen molar-refractivity contribution >= 4 is 22.1 Å². The third-order valence-electron chi connectivity index (χ3n) is 4.11. The van der Waals surface area contributed by atoms with Gasteiger partial charge in [0, 0.05) is 12.1 Å². The van der Waals surface area contributed by atoms with Crippen molar-refractivity contribution in [2.75, 3.05) is 6.54 Å². The molecule has 1 heterocycles. The first-order chi connectivity index (χ1) is 11.0. The standard InChI is InChI=1S/C20H31NOSi2/c1-16(17-11-9-8-10-12-17)21-13-18(14-23(2,3)4)19(20(21)22)15-24(5,6)7/h8-12,14-16H,13H2,1-7H3/b18-14+,19-15-/t16-/m1/s1. The molecule has 0 spiro atoms. The van der Waals surface area contributed by atoms with E-state index < -0.39 is 16.1 Å². The molecule has 1 atom stereocenters. The molecule has 0 aliphatic carbocycles. The van der Waals surface area contributed by atoms with Crippen LogP contribution in [0.2, 0.25) is 39.3 Å². The van der Waals surface area contributed by atoms with Gasteiger partial charge in [0.1, 0.15) is 0 Å². The highest BCUT2D eigenvalue weighted by Gasteiger charge is 2.35. The van der Waals surface area contributed by atoms with Gasteiger partial charge in [-0.05, 0) is 18.1 Å². The summed E-state index contributed by atoms with van der Waals surface area (Å²) in [5.74, 6) is 0.207. The number of rotatable bonds is 4. The second-order valence-electron chi connectivity index (χ2n) is 8.98. The number of carbonyl (C=O) groups excluding carboxylic acids is 1. The normalized spacial score (nSPS) is 21.0. The number of likely N-dealkylation sites (tertiary alicyclic amines) is 1. The fourth-order valence-electron chi connectivity index (χ4n) is 3.09. The van der Waals surface area contributed by atoms with Gasteiger partial charge in [0.25, 0.3) is 5.91 Å². The maximum absolute atomic E-state index is 13.1. The van der Waals surface area contributed by atoms with Crippen molar-refractivity contribution in [3.63, 3.8) is 0 Å². The van der Waals surface area contributed by atoms with Crippen LogP contribution in [0, 0.1) is 0 Å². The van der Waals surface area contributed by atoms with Gasteiger partial charge in [-0.3, -0.25) is 4.79 Å². The lowest BCUT2D eigenvalue weighted by molar-refractivity contribution is -0.126. The summed E-state index contributed by atoms with van der Waals surface area (Å²) in [5, 5.41) is 0. The van der Waals surface area contributed by atoms with E-state index in [-0.39, 0.29) is 11.9 Å². The van der Waals surface area contributed by atoms with Crippen LogP contribution in [-0.2, 0) is 4.79 Å². The van der Waals surface area contributed by atoms with E-state index in [0.717, 1.165) is 12.1 Å². The van der Waals surface area contributed by atoms with Crippen molar-refractivity contribution in [3.8, 4) is 0 Å². The van der Waals surface area contributed by atoms with Crippen LogP contribution in [0.5, 0.6) is 0 Å². The molecule has 1 aromatic rings. The van der Waals surface area contributed by atoms with E-state index in [1.165, 1.54) is 11.1 Å². The predicted octanol–water partition coefficient (Wildman–Crippen LogP) is 5.20. The Kier molecular flexibility index (Phi) is 5.40. The lowest BCUT2D eigenvalue weighted by Crippen LogP contribution is -2.29. The largest absolute Gasteiger partial charge is 0.328 e. The van der Waals surface area contributed by atoms with Crippen LogP contribution in [0.15, 0.2) is 52.9 Å². The van der Waals surface area contributed by atoms with E-state index in [2.05, 4.69) is 69.7 Å². The van der Waals surface area contributed by atoms with Gasteiger partial charge in [-0.15, -0.1) is 0 Å². The van der Waals surface area contributed by atoms with Gasteiger partial charge in [0.2, 0.25) is 0 Å². The molecule has 1 aliphatic heterocycles. The van der Waals surface area contributed by atoms with Crippen LogP contribution < -0.4 is 0 Å². The van der Waals surface area contributed by atoms with Gasteiger partial charge in [0.05, 0.1) is 22.2 Å². The fourth-order valence-corrected chi connectivity index (χ4v) is 5.56. The average Bonchev–Trinajstić information content (AvgIpc) is 2.73. The van der Waals surface area contributed by atoms with Crippen molar-refractivity contribution in [1.82, 2.24) is 4.90 Å². The Morgan fingerprint density at radius 1 is 0.958 bits per heavy atom. The minimum atomic E-state index is -1.46. The highest BCUT2D eigenvalue weighted by Crippen LogP contribution is 2.33. The molecule has 24 heavy (non-hydrogen) atoms. The molecule has 0 saturated carbocycles. The molecule has 1 fully saturated rings. The van der Waals surface area contributed by atoms with Crippen LogP contribution in [0.25, 0.3) is 0 Å². The van der Waals surface area contributed by atoms with E-state index in [4.69, 9.17) is 0 Å². The molecular weight excluding hydrogens is 326 g/mol. The molecule has 130 valence electrons. The summed E-state index contributed by atoms with van der Waals surface area (Å²) in [6.07, 6.45) is 0. The maximum atomic E-state index is 13.1. The van der Waals surface area contributed by atoms with Crippen LogP contribution >= 0.6 is 0 Å². The molecule has 4 heteroatoms. The van der Waals surface area contributed by atoms with Gasteiger partial charge in [-0.1, -0.05) is 81.0 Å². The Hall–Kier alpha value is -1.40. The van der Waals surface area contributed by atoms with Crippen LogP contribution in [0.4, 0.5) is 0 Å². The minimum absolute atomic E-state index is 0.108. The van der Waals surface area contributed by atoms with Gasteiger partial charge in [-0.25, -0.2) is 0 Å². The van der Waals surface area contributed by atoms with Gasteiger partial charge < -0.3 is 4.90 Å². The molecule has 0 N–H and O–H groups in total. The summed E-state index contributed by atoms with van der Waals surface area (Å²) in [6, 6.07) is 10.4. The van der Waals surface area contributed by atoms with Gasteiger partial charge >= 0.3 is 0 Å². The zero-order valence-corrected chi connectivity index (χ0v) is 18.2. The molecular formula is C20H31NOSi2. The fraction of sp³-hybridized carbons (Fsp3) is 0.450. The second-order valence-corrected chi connectivity index (χ2v) is 19.0. The smallest absolute Gasteiger partial charge is 0.254 e. The van der Waals surface area contributed by atoms with Gasteiger partial charge in [0.15, 0.2) is 0 Å². The maximum Gasteiger partial charge on any atom is 0.254 e. The first-order valence-electron chi connectivity index (χ1n) is 8.79. The molecule has 1 amide bonds. The van der Waals surface area contributed by atoms with Crippen LogP contribution in [-0.4, -0.2) is 33.5 Å². The number of carbonyl (C=O) groups is 1. The Morgan fingerprint density at radius 2 is 1.50 bits per heavy atom. The molecule has 0 radical (unpaired) electrons. The first-order valence-corrected chi connectivity index (χ1v) is 15.9. The van der Waals surface area contributed by atoms with Crippen molar-refractivity contribution in [1.29, 1.82) is 0 Å². The summed E-state index contributed by atoms with van der Waals surface area (Å²) < 4.78 is 0. The van der Waals surface area contributed by atoms with E-state index in [1.807, 2.05) is 23.1 Å². The number of nitrogens with zero attached hydrogens (tertiary/aromatic N) is 1. The van der Waals surface area contributed by atoms with E-state index >= 15 is 0 Å². The van der Waals surface area contributed by atoms with Crippen molar-refractivity contribution in [3.05, 3.63) is 58.4 Å². The van der Waals surface area contributed by atoms with Crippen LogP contribution in [0.3, 0.4) is 0 Å². The Bertz CT molecular complexity index is 663. The number of hydrogen-bond acceptors (Lipinski definition) is 1. The molecule has 0 aromatic heterocycles. The predicted molar refractivity (Wildman–Crippen MR) is 109 cm³/mol. The molecule has 2 rings (SSSR count). The SMILES string of the molecule is C[C@H](c1ccccc1)N1CC(=C\[Si](C)(C)C)/C(=C/[Si](C)(C)C)C1=O. The Labute approximate surface area is 149 Å². The van der Waals surface area contributed by atoms with Crippen molar-refractivity contribution < 1.29 is 4.79 Å². The van der Waals surface area contributed by atoms with Crippen LogP contribution in [0.1, 0.15) is 18.5 Å².